The van der Waals surface area contributed by atoms with Crippen LogP contribution in [0.15, 0.2) is 23.6 Å². The zero-order valence-corrected chi connectivity index (χ0v) is 7.21. The molecule has 0 aromatic carbocycles. The Morgan fingerprint density at radius 3 is 2.83 bits per heavy atom. The fourth-order valence-electron chi connectivity index (χ4n) is 1.12. The highest BCUT2D eigenvalue weighted by Crippen LogP contribution is 2.21. The minimum absolute atomic E-state index is 0.152. The molecule has 0 amide bonds. The molecule has 1 aliphatic rings. The van der Waals surface area contributed by atoms with E-state index in [9.17, 15) is 4.39 Å². The van der Waals surface area contributed by atoms with Crippen molar-refractivity contribution in [2.45, 2.75) is 12.5 Å². The van der Waals surface area contributed by atoms with E-state index >= 15 is 0 Å². The highest BCUT2D eigenvalue weighted by molar-refractivity contribution is 5.35. The maximum atomic E-state index is 12.8. The molecule has 0 aliphatic heterocycles. The van der Waals surface area contributed by atoms with E-state index in [1.165, 1.54) is 6.08 Å². The maximum absolute atomic E-state index is 12.8. The smallest absolute Gasteiger partial charge is 0.136 e. The molecule has 1 unspecified atom stereocenters. The molecule has 12 heavy (non-hydrogen) atoms. The Bertz CT molecular complexity index is 271. The van der Waals surface area contributed by atoms with Gasteiger partial charge in [0.1, 0.15) is 5.83 Å². The monoisotopic (exact) mass is 166 g/mol. The van der Waals surface area contributed by atoms with Crippen molar-refractivity contribution in [3.63, 3.8) is 0 Å². The van der Waals surface area contributed by atoms with E-state index in [-0.39, 0.29) is 11.6 Å². The summed E-state index contributed by atoms with van der Waals surface area (Å²) in [5.74, 6) is -0.393. The van der Waals surface area contributed by atoms with E-state index in [1.54, 1.807) is 6.08 Å². The molecule has 0 bridgehead atoms. The number of allylic oxidation sites excluding steroid dienone is 2. The molecule has 0 aromatic rings. The van der Waals surface area contributed by atoms with Crippen LogP contribution in [0.1, 0.15) is 6.42 Å². The van der Waals surface area contributed by atoms with Crippen molar-refractivity contribution in [3.8, 4) is 6.07 Å². The Balaban J connectivity index is 2.78. The summed E-state index contributed by atoms with van der Waals surface area (Å²) in [6.45, 7) is 0. The molecule has 64 valence electrons. The SMILES string of the molecule is CN(C)C1C=CC(F)=C(C#N)C1. The number of likely N-dealkylation sites (N-methyl/N-ethyl adjacent to an activating group) is 1. The van der Waals surface area contributed by atoms with Gasteiger partial charge in [0.2, 0.25) is 0 Å². The minimum atomic E-state index is -0.393. The van der Waals surface area contributed by atoms with Crippen LogP contribution < -0.4 is 0 Å². The number of hydrogen-bond acceptors (Lipinski definition) is 2. The van der Waals surface area contributed by atoms with Crippen LogP contribution in [0.2, 0.25) is 0 Å². The standard InChI is InChI=1S/C9H11FN2/c1-12(2)8-3-4-9(10)7(5-8)6-11/h3-4,8H,5H2,1-2H3. The summed E-state index contributed by atoms with van der Waals surface area (Å²) < 4.78 is 12.8. The van der Waals surface area contributed by atoms with Gasteiger partial charge in [-0.1, -0.05) is 6.08 Å². The summed E-state index contributed by atoms with van der Waals surface area (Å²) >= 11 is 0. The van der Waals surface area contributed by atoms with Gasteiger partial charge in [-0.15, -0.1) is 0 Å². The van der Waals surface area contributed by atoms with E-state index in [4.69, 9.17) is 5.26 Å². The summed E-state index contributed by atoms with van der Waals surface area (Å²) in [7, 11) is 3.82. The third-order valence-electron chi connectivity index (χ3n) is 1.96. The van der Waals surface area contributed by atoms with Gasteiger partial charge < -0.3 is 4.90 Å². The normalized spacial score (nSPS) is 23.1. The van der Waals surface area contributed by atoms with Crippen LogP contribution in [0.25, 0.3) is 0 Å². The number of halogens is 1. The molecule has 0 radical (unpaired) electrons. The average molecular weight is 166 g/mol. The van der Waals surface area contributed by atoms with Crippen molar-refractivity contribution in [2.75, 3.05) is 14.1 Å². The largest absolute Gasteiger partial charge is 0.303 e. The topological polar surface area (TPSA) is 27.0 Å². The average Bonchev–Trinajstić information content (AvgIpc) is 2.05. The van der Waals surface area contributed by atoms with Crippen LogP contribution in [0.4, 0.5) is 4.39 Å². The van der Waals surface area contributed by atoms with E-state index < -0.39 is 5.83 Å². The molecule has 0 fully saturated rings. The molecule has 1 atom stereocenters. The Hall–Kier alpha value is -1.14. The quantitative estimate of drug-likeness (QED) is 0.592. The number of nitriles is 1. The predicted octanol–water partition coefficient (Wildman–Crippen LogP) is 1.62. The molecule has 0 spiro atoms. The Morgan fingerprint density at radius 2 is 2.33 bits per heavy atom. The van der Waals surface area contributed by atoms with Crippen LogP contribution >= 0.6 is 0 Å². The lowest BCUT2D eigenvalue weighted by Gasteiger charge is -2.22. The predicted molar refractivity (Wildman–Crippen MR) is 45.0 cm³/mol. The van der Waals surface area contributed by atoms with Gasteiger partial charge in [-0.05, 0) is 20.2 Å². The first-order chi connectivity index (χ1) is 5.65. The number of rotatable bonds is 1. The zero-order valence-electron chi connectivity index (χ0n) is 7.21. The van der Waals surface area contributed by atoms with Crippen LogP contribution in [0.3, 0.4) is 0 Å². The summed E-state index contributed by atoms with van der Waals surface area (Å²) in [5, 5.41) is 8.56. The highest BCUT2D eigenvalue weighted by atomic mass is 19.1. The highest BCUT2D eigenvalue weighted by Gasteiger charge is 2.17. The molecule has 1 aliphatic carbocycles. The van der Waals surface area contributed by atoms with Crippen LogP contribution in [0.5, 0.6) is 0 Å². The van der Waals surface area contributed by atoms with E-state index in [0.717, 1.165) is 0 Å². The number of hydrogen-bond donors (Lipinski definition) is 0. The van der Waals surface area contributed by atoms with Crippen LogP contribution in [0, 0.1) is 11.3 Å². The lowest BCUT2D eigenvalue weighted by atomic mass is 10.0. The zero-order chi connectivity index (χ0) is 9.14. The van der Waals surface area contributed by atoms with Gasteiger partial charge in [0.05, 0.1) is 11.6 Å². The van der Waals surface area contributed by atoms with Gasteiger partial charge in [-0.2, -0.15) is 5.26 Å². The Kier molecular flexibility index (Phi) is 2.61. The fraction of sp³-hybridized carbons (Fsp3) is 0.444. The summed E-state index contributed by atoms with van der Waals surface area (Å²) in [5.41, 5.74) is 0.246. The van der Waals surface area contributed by atoms with Gasteiger partial charge in [0, 0.05) is 12.5 Å². The second-order valence-corrected chi connectivity index (χ2v) is 3.03. The first-order valence-corrected chi connectivity index (χ1v) is 3.78. The first-order valence-electron chi connectivity index (χ1n) is 3.78. The van der Waals surface area contributed by atoms with E-state index in [1.807, 2.05) is 25.1 Å². The molecule has 0 saturated heterocycles. The summed E-state index contributed by atoms with van der Waals surface area (Å²) in [6.07, 6.45) is 3.62. The van der Waals surface area contributed by atoms with Crippen LogP contribution in [-0.2, 0) is 0 Å². The third kappa shape index (κ3) is 1.72. The Labute approximate surface area is 71.6 Å². The van der Waals surface area contributed by atoms with Gasteiger partial charge in [-0.3, -0.25) is 0 Å². The Morgan fingerprint density at radius 1 is 1.67 bits per heavy atom. The minimum Gasteiger partial charge on any atom is -0.303 e. The summed E-state index contributed by atoms with van der Waals surface area (Å²) in [4.78, 5) is 1.96. The van der Waals surface area contributed by atoms with Crippen molar-refractivity contribution < 1.29 is 4.39 Å². The number of nitrogens with zero attached hydrogens (tertiary/aromatic N) is 2. The van der Waals surface area contributed by atoms with E-state index in [0.29, 0.717) is 6.42 Å². The van der Waals surface area contributed by atoms with Crippen molar-refractivity contribution in [1.82, 2.24) is 4.90 Å². The third-order valence-corrected chi connectivity index (χ3v) is 1.96. The van der Waals surface area contributed by atoms with Gasteiger partial charge >= 0.3 is 0 Å². The van der Waals surface area contributed by atoms with E-state index in [2.05, 4.69) is 0 Å². The molecule has 2 nitrogen and oxygen atoms in total. The molecule has 3 heteroatoms. The molecule has 0 N–H and O–H groups in total. The molecule has 0 aromatic heterocycles. The van der Waals surface area contributed by atoms with Crippen molar-refractivity contribution in [3.05, 3.63) is 23.6 Å². The van der Waals surface area contributed by atoms with Crippen molar-refractivity contribution in [2.24, 2.45) is 0 Å². The summed E-state index contributed by atoms with van der Waals surface area (Å²) in [6, 6.07) is 2.02. The van der Waals surface area contributed by atoms with Crippen molar-refractivity contribution >= 4 is 0 Å². The van der Waals surface area contributed by atoms with Crippen molar-refractivity contribution in [1.29, 1.82) is 5.26 Å². The second-order valence-electron chi connectivity index (χ2n) is 3.03. The molecule has 1 rings (SSSR count). The van der Waals surface area contributed by atoms with Gasteiger partial charge in [0.25, 0.3) is 0 Å². The molecule has 0 heterocycles. The van der Waals surface area contributed by atoms with Gasteiger partial charge in [-0.25, -0.2) is 4.39 Å². The second kappa shape index (κ2) is 3.51. The molecular weight excluding hydrogens is 155 g/mol. The van der Waals surface area contributed by atoms with Crippen LogP contribution in [-0.4, -0.2) is 25.0 Å². The lowest BCUT2D eigenvalue weighted by molar-refractivity contribution is 0.337. The maximum Gasteiger partial charge on any atom is 0.136 e. The molecule has 0 saturated carbocycles. The first kappa shape index (κ1) is 8.95. The lowest BCUT2D eigenvalue weighted by Crippen LogP contribution is -2.27. The van der Waals surface area contributed by atoms with Gasteiger partial charge in [0.15, 0.2) is 0 Å². The fourth-order valence-corrected chi connectivity index (χ4v) is 1.12. The molecular formula is C9H11FN2.